The maximum atomic E-state index is 6.42. The molecule has 0 unspecified atom stereocenters. The van der Waals surface area contributed by atoms with Gasteiger partial charge in [-0.3, -0.25) is 4.90 Å². The second-order valence-corrected chi connectivity index (χ2v) is 7.83. The summed E-state index contributed by atoms with van der Waals surface area (Å²) in [6, 6.07) is 18.9. The fourth-order valence-corrected chi connectivity index (χ4v) is 4.51. The molecule has 1 fully saturated rings. The Morgan fingerprint density at radius 2 is 1.89 bits per heavy atom. The number of ether oxygens (including phenoxy) is 1. The third-order valence-electron chi connectivity index (χ3n) is 5.02. The number of thiazole rings is 1. The van der Waals surface area contributed by atoms with Crippen molar-refractivity contribution in [1.82, 2.24) is 9.88 Å². The van der Waals surface area contributed by atoms with Crippen molar-refractivity contribution < 1.29 is 4.74 Å². The molecule has 4 nitrogen and oxygen atoms in total. The Bertz CT molecular complexity index is 863. The number of nitrogens with zero attached hydrogens (tertiary/aromatic N) is 2. The highest BCUT2D eigenvalue weighted by atomic mass is 32.1. The van der Waals surface area contributed by atoms with E-state index >= 15 is 0 Å². The Labute approximate surface area is 164 Å². The van der Waals surface area contributed by atoms with Gasteiger partial charge in [0.15, 0.2) is 0 Å². The number of rotatable bonds is 6. The van der Waals surface area contributed by atoms with E-state index in [9.17, 15) is 0 Å². The van der Waals surface area contributed by atoms with E-state index in [1.807, 2.05) is 19.1 Å². The van der Waals surface area contributed by atoms with Crippen LogP contribution in [-0.4, -0.2) is 35.6 Å². The fraction of sp³-hybridized carbons (Fsp3) is 0.318. The standard InChI is InChI=1S/C22H25N3OS/c1-2-26-19-10-8-17(9-11-19)22-24-18(15-27-22)12-25-13-20(21(23)14-25)16-6-4-3-5-7-16/h3-11,15,20-21H,2,12-14,23H2,1H3/t20-,21+/m0/s1. The summed E-state index contributed by atoms with van der Waals surface area (Å²) < 4.78 is 5.51. The number of likely N-dealkylation sites (tertiary alicyclic amines) is 1. The van der Waals surface area contributed by atoms with E-state index in [1.54, 1.807) is 11.3 Å². The van der Waals surface area contributed by atoms with Crippen molar-refractivity contribution in [2.75, 3.05) is 19.7 Å². The normalized spacial score (nSPS) is 20.1. The number of hydrogen-bond donors (Lipinski definition) is 1. The molecule has 2 aromatic carbocycles. The van der Waals surface area contributed by atoms with E-state index in [-0.39, 0.29) is 6.04 Å². The van der Waals surface area contributed by atoms with E-state index in [1.165, 1.54) is 5.56 Å². The van der Waals surface area contributed by atoms with Gasteiger partial charge >= 0.3 is 0 Å². The van der Waals surface area contributed by atoms with Crippen molar-refractivity contribution in [3.05, 3.63) is 71.2 Å². The predicted octanol–water partition coefficient (Wildman–Crippen LogP) is 4.14. The maximum absolute atomic E-state index is 6.42. The SMILES string of the molecule is CCOc1ccc(-c2nc(CN3C[C@@H](N)[C@H](c4ccccc4)C3)cs2)cc1. The van der Waals surface area contributed by atoms with Gasteiger partial charge in [-0.1, -0.05) is 30.3 Å². The average molecular weight is 380 g/mol. The number of hydrogen-bond acceptors (Lipinski definition) is 5. The van der Waals surface area contributed by atoms with Gasteiger partial charge in [0.05, 0.1) is 12.3 Å². The Kier molecular flexibility index (Phi) is 5.53. The van der Waals surface area contributed by atoms with Gasteiger partial charge in [0.1, 0.15) is 10.8 Å². The van der Waals surface area contributed by atoms with Crippen LogP contribution in [0.5, 0.6) is 5.75 Å². The Balaban J connectivity index is 1.41. The second kappa shape index (κ2) is 8.21. The second-order valence-electron chi connectivity index (χ2n) is 6.98. The monoisotopic (exact) mass is 379 g/mol. The molecule has 0 radical (unpaired) electrons. The third-order valence-corrected chi connectivity index (χ3v) is 5.96. The van der Waals surface area contributed by atoms with Gasteiger partial charge in [-0.15, -0.1) is 11.3 Å². The summed E-state index contributed by atoms with van der Waals surface area (Å²) >= 11 is 1.69. The average Bonchev–Trinajstić information content (AvgIpc) is 3.30. The first-order chi connectivity index (χ1) is 13.2. The minimum Gasteiger partial charge on any atom is -0.494 e. The zero-order valence-corrected chi connectivity index (χ0v) is 16.4. The van der Waals surface area contributed by atoms with Gasteiger partial charge < -0.3 is 10.5 Å². The molecule has 3 aromatic rings. The van der Waals surface area contributed by atoms with Crippen LogP contribution in [0.15, 0.2) is 60.0 Å². The number of benzene rings is 2. The van der Waals surface area contributed by atoms with Gasteiger partial charge in [0.2, 0.25) is 0 Å². The summed E-state index contributed by atoms with van der Waals surface area (Å²) in [5.41, 5.74) is 10.0. The minimum absolute atomic E-state index is 0.177. The molecule has 140 valence electrons. The van der Waals surface area contributed by atoms with Gasteiger partial charge in [0.25, 0.3) is 0 Å². The molecule has 2 atom stereocenters. The third kappa shape index (κ3) is 4.21. The van der Waals surface area contributed by atoms with Gasteiger partial charge in [-0.05, 0) is 36.8 Å². The van der Waals surface area contributed by atoms with Gasteiger partial charge in [-0.2, -0.15) is 0 Å². The van der Waals surface area contributed by atoms with Crippen LogP contribution in [0.3, 0.4) is 0 Å². The lowest BCUT2D eigenvalue weighted by atomic mass is 9.95. The molecule has 0 spiro atoms. The lowest BCUT2D eigenvalue weighted by molar-refractivity contribution is 0.320. The molecule has 1 aliphatic heterocycles. The number of nitrogens with two attached hydrogens (primary N) is 1. The van der Waals surface area contributed by atoms with Crippen LogP contribution in [0.1, 0.15) is 24.1 Å². The zero-order chi connectivity index (χ0) is 18.6. The summed E-state index contributed by atoms with van der Waals surface area (Å²) in [7, 11) is 0. The lowest BCUT2D eigenvalue weighted by Gasteiger charge is -2.15. The molecule has 2 heterocycles. The molecule has 5 heteroatoms. The molecule has 27 heavy (non-hydrogen) atoms. The minimum atomic E-state index is 0.177. The van der Waals surface area contributed by atoms with Crippen molar-refractivity contribution >= 4 is 11.3 Å². The number of aromatic nitrogens is 1. The van der Waals surface area contributed by atoms with Crippen LogP contribution in [0.2, 0.25) is 0 Å². The van der Waals surface area contributed by atoms with E-state index in [0.29, 0.717) is 12.5 Å². The van der Waals surface area contributed by atoms with Gasteiger partial charge in [0, 0.05) is 42.5 Å². The highest BCUT2D eigenvalue weighted by Gasteiger charge is 2.31. The molecule has 2 N–H and O–H groups in total. The van der Waals surface area contributed by atoms with Crippen molar-refractivity contribution in [3.63, 3.8) is 0 Å². The summed E-state index contributed by atoms with van der Waals surface area (Å²) in [5.74, 6) is 1.30. The molecule has 1 aromatic heterocycles. The van der Waals surface area contributed by atoms with Crippen LogP contribution in [0, 0.1) is 0 Å². The molecule has 0 saturated carbocycles. The van der Waals surface area contributed by atoms with E-state index in [2.05, 4.69) is 52.7 Å². The van der Waals surface area contributed by atoms with Crippen LogP contribution in [0.4, 0.5) is 0 Å². The molecular formula is C22H25N3OS. The van der Waals surface area contributed by atoms with Crippen LogP contribution < -0.4 is 10.5 Å². The van der Waals surface area contributed by atoms with Crippen LogP contribution in [0.25, 0.3) is 10.6 Å². The summed E-state index contributed by atoms with van der Waals surface area (Å²) in [4.78, 5) is 7.25. The topological polar surface area (TPSA) is 51.4 Å². The van der Waals surface area contributed by atoms with Crippen molar-refractivity contribution in [2.45, 2.75) is 25.4 Å². The molecular weight excluding hydrogens is 354 g/mol. The maximum Gasteiger partial charge on any atom is 0.123 e. The van der Waals surface area contributed by atoms with Gasteiger partial charge in [-0.25, -0.2) is 4.98 Å². The Morgan fingerprint density at radius 1 is 1.11 bits per heavy atom. The fourth-order valence-electron chi connectivity index (χ4n) is 3.70. The smallest absolute Gasteiger partial charge is 0.123 e. The molecule has 4 rings (SSSR count). The quantitative estimate of drug-likeness (QED) is 0.699. The van der Waals surface area contributed by atoms with E-state index < -0.39 is 0 Å². The summed E-state index contributed by atoms with van der Waals surface area (Å²) in [6.45, 7) is 5.43. The lowest BCUT2D eigenvalue weighted by Crippen LogP contribution is -2.28. The molecule has 0 aliphatic carbocycles. The summed E-state index contributed by atoms with van der Waals surface area (Å²) in [5, 5.41) is 3.21. The zero-order valence-electron chi connectivity index (χ0n) is 15.5. The van der Waals surface area contributed by atoms with E-state index in [4.69, 9.17) is 15.5 Å². The highest BCUT2D eigenvalue weighted by molar-refractivity contribution is 7.13. The van der Waals surface area contributed by atoms with Crippen molar-refractivity contribution in [2.24, 2.45) is 5.73 Å². The highest BCUT2D eigenvalue weighted by Crippen LogP contribution is 2.29. The Morgan fingerprint density at radius 3 is 2.63 bits per heavy atom. The first-order valence-electron chi connectivity index (χ1n) is 9.43. The van der Waals surface area contributed by atoms with Crippen molar-refractivity contribution in [1.29, 1.82) is 0 Å². The van der Waals surface area contributed by atoms with E-state index in [0.717, 1.165) is 41.6 Å². The summed E-state index contributed by atoms with van der Waals surface area (Å²) in [6.07, 6.45) is 0. The molecule has 0 amide bonds. The first kappa shape index (κ1) is 18.2. The molecule has 0 bridgehead atoms. The predicted molar refractivity (Wildman–Crippen MR) is 111 cm³/mol. The Hall–Kier alpha value is -2.21. The molecule has 1 saturated heterocycles. The van der Waals surface area contributed by atoms with Crippen LogP contribution >= 0.6 is 11.3 Å². The molecule has 1 aliphatic rings. The first-order valence-corrected chi connectivity index (χ1v) is 10.3. The van der Waals surface area contributed by atoms with Crippen molar-refractivity contribution in [3.8, 4) is 16.3 Å². The largest absolute Gasteiger partial charge is 0.494 e. The van der Waals surface area contributed by atoms with Crippen LogP contribution in [-0.2, 0) is 6.54 Å².